The van der Waals surface area contributed by atoms with Gasteiger partial charge >= 0.3 is 0 Å². The lowest BCUT2D eigenvalue weighted by molar-refractivity contribution is -0.121. The Labute approximate surface area is 76.4 Å². The van der Waals surface area contributed by atoms with Crippen LogP contribution < -0.4 is 10.6 Å². The first-order valence-electron chi connectivity index (χ1n) is 4.25. The first-order valence-corrected chi connectivity index (χ1v) is 4.25. The number of pyridine rings is 1. The molecule has 4 nitrogen and oxygen atoms in total. The van der Waals surface area contributed by atoms with Crippen molar-refractivity contribution in [3.05, 3.63) is 23.9 Å². The Kier molecular flexibility index (Phi) is 1.88. The van der Waals surface area contributed by atoms with Crippen LogP contribution in [0.2, 0.25) is 0 Å². The highest BCUT2D eigenvalue weighted by Crippen LogP contribution is 2.14. The smallest absolute Gasteiger partial charge is 0.242 e. The van der Waals surface area contributed by atoms with Crippen LogP contribution in [0.25, 0.3) is 0 Å². The van der Waals surface area contributed by atoms with E-state index in [0.29, 0.717) is 6.54 Å². The zero-order valence-electron chi connectivity index (χ0n) is 7.37. The van der Waals surface area contributed by atoms with E-state index in [4.69, 9.17) is 0 Å². The summed E-state index contributed by atoms with van der Waals surface area (Å²) >= 11 is 0. The molecule has 4 heteroatoms. The second-order valence-corrected chi connectivity index (χ2v) is 3.09. The number of carbonyl (C=O) groups excluding carboxylic acids is 1. The molecule has 1 atom stereocenters. The van der Waals surface area contributed by atoms with Crippen LogP contribution in [0, 0.1) is 0 Å². The van der Waals surface area contributed by atoms with Gasteiger partial charge in [0.05, 0.1) is 0 Å². The number of nitrogens with zero attached hydrogens (tertiary/aromatic N) is 1. The molecule has 2 heterocycles. The molecule has 0 aromatic carbocycles. The second kappa shape index (κ2) is 3.05. The topological polar surface area (TPSA) is 54.0 Å². The molecule has 1 aromatic heterocycles. The number of amides is 1. The third kappa shape index (κ3) is 1.47. The molecular weight excluding hydrogens is 166 g/mol. The van der Waals surface area contributed by atoms with E-state index in [2.05, 4.69) is 15.6 Å². The summed E-state index contributed by atoms with van der Waals surface area (Å²) in [6, 6.07) is 3.60. The van der Waals surface area contributed by atoms with Gasteiger partial charge in [-0.25, -0.2) is 4.98 Å². The number of hydrogen-bond donors (Lipinski definition) is 2. The number of hydrogen-bond acceptors (Lipinski definition) is 3. The first kappa shape index (κ1) is 8.04. The summed E-state index contributed by atoms with van der Waals surface area (Å²) in [5.41, 5.74) is 1.03. The lowest BCUT2D eigenvalue weighted by atomic mass is 10.2. The Bertz CT molecular complexity index is 337. The molecule has 1 aromatic rings. The standard InChI is InChI=1S/C9H11N3O/c1-6-9(13)11-5-7-3-2-4-10-8(7)12-6/h2-4,6H,5H2,1H3,(H,10,12)(H,11,13). The number of aromatic nitrogens is 1. The molecule has 0 radical (unpaired) electrons. The third-order valence-corrected chi connectivity index (χ3v) is 2.09. The number of fused-ring (bicyclic) bond motifs is 1. The van der Waals surface area contributed by atoms with Crippen LogP contribution in [0.5, 0.6) is 0 Å². The van der Waals surface area contributed by atoms with Crippen LogP contribution in [0.1, 0.15) is 12.5 Å². The summed E-state index contributed by atoms with van der Waals surface area (Å²) in [7, 11) is 0. The quantitative estimate of drug-likeness (QED) is 0.607. The van der Waals surface area contributed by atoms with E-state index in [1.165, 1.54) is 0 Å². The molecule has 68 valence electrons. The summed E-state index contributed by atoms with van der Waals surface area (Å²) in [5.74, 6) is 0.811. The molecule has 2 rings (SSSR count). The monoisotopic (exact) mass is 177 g/mol. The van der Waals surface area contributed by atoms with Gasteiger partial charge in [-0.3, -0.25) is 4.79 Å². The average molecular weight is 177 g/mol. The molecule has 0 fully saturated rings. The van der Waals surface area contributed by atoms with Crippen molar-refractivity contribution >= 4 is 11.7 Å². The largest absolute Gasteiger partial charge is 0.358 e. The minimum atomic E-state index is -0.212. The van der Waals surface area contributed by atoms with Crippen molar-refractivity contribution < 1.29 is 4.79 Å². The second-order valence-electron chi connectivity index (χ2n) is 3.09. The number of nitrogens with one attached hydrogen (secondary N) is 2. The maximum atomic E-state index is 11.3. The van der Waals surface area contributed by atoms with Gasteiger partial charge in [-0.1, -0.05) is 6.07 Å². The first-order chi connectivity index (χ1) is 6.27. The van der Waals surface area contributed by atoms with Crippen molar-refractivity contribution in [3.63, 3.8) is 0 Å². The molecule has 1 amide bonds. The van der Waals surface area contributed by atoms with Gasteiger partial charge in [0.25, 0.3) is 0 Å². The lowest BCUT2D eigenvalue weighted by Gasteiger charge is -2.09. The Morgan fingerprint density at radius 3 is 3.31 bits per heavy atom. The highest BCUT2D eigenvalue weighted by atomic mass is 16.2. The zero-order valence-corrected chi connectivity index (χ0v) is 7.37. The lowest BCUT2D eigenvalue weighted by Crippen LogP contribution is -2.34. The van der Waals surface area contributed by atoms with Crippen LogP contribution in [0.15, 0.2) is 18.3 Å². The number of carbonyl (C=O) groups is 1. The summed E-state index contributed by atoms with van der Waals surface area (Å²) < 4.78 is 0. The molecule has 0 aliphatic carbocycles. The van der Waals surface area contributed by atoms with E-state index >= 15 is 0 Å². The molecule has 1 aliphatic rings. The van der Waals surface area contributed by atoms with Gasteiger partial charge in [-0.15, -0.1) is 0 Å². The molecule has 1 aliphatic heterocycles. The summed E-state index contributed by atoms with van der Waals surface area (Å²) in [4.78, 5) is 15.4. The minimum Gasteiger partial charge on any atom is -0.358 e. The van der Waals surface area contributed by atoms with Gasteiger partial charge in [0, 0.05) is 18.3 Å². The molecule has 0 spiro atoms. The normalized spacial score (nSPS) is 21.0. The Hall–Kier alpha value is -1.58. The highest BCUT2D eigenvalue weighted by Gasteiger charge is 2.18. The van der Waals surface area contributed by atoms with Crippen LogP contribution in [0.4, 0.5) is 5.82 Å². The minimum absolute atomic E-state index is 0.0120. The Balaban J connectivity index is 2.35. The molecular formula is C9H11N3O. The van der Waals surface area contributed by atoms with Crippen molar-refractivity contribution in [1.82, 2.24) is 10.3 Å². The van der Waals surface area contributed by atoms with Gasteiger partial charge in [0.2, 0.25) is 5.91 Å². The van der Waals surface area contributed by atoms with E-state index in [0.717, 1.165) is 11.4 Å². The molecule has 1 unspecified atom stereocenters. The molecule has 13 heavy (non-hydrogen) atoms. The predicted molar refractivity (Wildman–Crippen MR) is 49.2 cm³/mol. The molecule has 0 saturated carbocycles. The predicted octanol–water partition coefficient (Wildman–Crippen LogP) is 0.512. The van der Waals surface area contributed by atoms with E-state index < -0.39 is 0 Å². The van der Waals surface area contributed by atoms with E-state index in [9.17, 15) is 4.79 Å². The van der Waals surface area contributed by atoms with Crippen molar-refractivity contribution in [2.75, 3.05) is 5.32 Å². The van der Waals surface area contributed by atoms with Crippen molar-refractivity contribution in [2.45, 2.75) is 19.5 Å². The fourth-order valence-electron chi connectivity index (χ4n) is 1.32. The molecule has 0 saturated heterocycles. The summed E-state index contributed by atoms with van der Waals surface area (Å²) in [5, 5.41) is 5.86. The maximum Gasteiger partial charge on any atom is 0.242 e. The fraction of sp³-hybridized carbons (Fsp3) is 0.333. The number of anilines is 1. The van der Waals surface area contributed by atoms with E-state index in [1.807, 2.05) is 19.1 Å². The molecule has 2 N–H and O–H groups in total. The van der Waals surface area contributed by atoms with Crippen LogP contribution in [-0.4, -0.2) is 16.9 Å². The van der Waals surface area contributed by atoms with Gasteiger partial charge in [0.15, 0.2) is 0 Å². The van der Waals surface area contributed by atoms with Crippen molar-refractivity contribution in [3.8, 4) is 0 Å². The summed E-state index contributed by atoms with van der Waals surface area (Å²) in [6.45, 7) is 2.37. The van der Waals surface area contributed by atoms with Crippen LogP contribution in [0.3, 0.4) is 0 Å². The van der Waals surface area contributed by atoms with Gasteiger partial charge in [0.1, 0.15) is 11.9 Å². The maximum absolute atomic E-state index is 11.3. The Morgan fingerprint density at radius 2 is 2.46 bits per heavy atom. The van der Waals surface area contributed by atoms with Crippen LogP contribution in [-0.2, 0) is 11.3 Å². The SMILES string of the molecule is CC1Nc2ncccc2CNC1=O. The van der Waals surface area contributed by atoms with Gasteiger partial charge in [-0.2, -0.15) is 0 Å². The zero-order chi connectivity index (χ0) is 9.26. The fourth-order valence-corrected chi connectivity index (χ4v) is 1.32. The average Bonchev–Trinajstić information content (AvgIpc) is 2.28. The summed E-state index contributed by atoms with van der Waals surface area (Å²) in [6.07, 6.45) is 1.72. The van der Waals surface area contributed by atoms with Gasteiger partial charge in [-0.05, 0) is 13.0 Å². The van der Waals surface area contributed by atoms with Crippen LogP contribution >= 0.6 is 0 Å². The van der Waals surface area contributed by atoms with Crippen molar-refractivity contribution in [1.29, 1.82) is 0 Å². The third-order valence-electron chi connectivity index (χ3n) is 2.09. The van der Waals surface area contributed by atoms with Gasteiger partial charge < -0.3 is 10.6 Å². The molecule has 0 bridgehead atoms. The number of rotatable bonds is 0. The van der Waals surface area contributed by atoms with Crippen molar-refractivity contribution in [2.24, 2.45) is 0 Å². The van der Waals surface area contributed by atoms with E-state index in [-0.39, 0.29) is 11.9 Å². The Morgan fingerprint density at radius 1 is 1.62 bits per heavy atom. The highest BCUT2D eigenvalue weighted by molar-refractivity contribution is 5.85. The van der Waals surface area contributed by atoms with E-state index in [1.54, 1.807) is 6.20 Å².